The quantitative estimate of drug-likeness (QED) is 0.103. The summed E-state index contributed by atoms with van der Waals surface area (Å²) in [6.45, 7) is 4.86. The van der Waals surface area contributed by atoms with E-state index in [1.54, 1.807) is 0 Å². The van der Waals surface area contributed by atoms with Crippen molar-refractivity contribution >= 4 is 18.5 Å². The largest absolute Gasteiger partial charge is 2.00 e. The van der Waals surface area contributed by atoms with Crippen molar-refractivity contribution in [3.05, 3.63) is 147 Å². The molecule has 4 aromatic rings. The summed E-state index contributed by atoms with van der Waals surface area (Å²) in [4.78, 5) is 2.39. The Bertz CT molecular complexity index is 1270. The summed E-state index contributed by atoms with van der Waals surface area (Å²) in [6.07, 6.45) is 8.28. The van der Waals surface area contributed by atoms with E-state index in [4.69, 9.17) is 0 Å². The minimum Gasteiger partial charge on any atom is -0.358 e. The fourth-order valence-corrected chi connectivity index (χ4v) is 11.1. The standard InChI is InChI=1S/C25H27P.C15H23N.2CH3.Fe/c1-20(21-12-5-2-6-13-21)24-18-11-19-25(24)26(22-14-7-3-8-15-22)23-16-9-4-10-17-23;1-12-8-7-11-14(12)15(16(2)3)13-9-5-4-6-10-13;;;/h2-10,12-17,20,24-25H,11,18-19H2,1H3;4-6,9-10,12,14-15H,7-8,11H2,1-3H3;2*1H3;/q;;2*-1;+2/t20-,24?,25?;12?,14?,15-;;;/m00.../s1. The predicted octanol–water partition coefficient (Wildman–Crippen LogP) is 10.7. The molecule has 4 unspecified atom stereocenters. The Morgan fingerprint density at radius 2 is 1.00 bits per heavy atom. The molecular weight excluding hydrogens is 605 g/mol. The van der Waals surface area contributed by atoms with Crippen LogP contribution in [0.3, 0.4) is 0 Å². The van der Waals surface area contributed by atoms with Gasteiger partial charge in [0, 0.05) is 6.04 Å². The number of hydrogen-bond acceptors (Lipinski definition) is 1. The summed E-state index contributed by atoms with van der Waals surface area (Å²) >= 11 is 0. The van der Waals surface area contributed by atoms with Gasteiger partial charge in [0.05, 0.1) is 0 Å². The average Bonchev–Trinajstić information content (AvgIpc) is 3.69. The summed E-state index contributed by atoms with van der Waals surface area (Å²) < 4.78 is 0. The maximum atomic E-state index is 2.45. The van der Waals surface area contributed by atoms with E-state index in [1.165, 1.54) is 60.3 Å². The number of hydrogen-bond donors (Lipinski definition) is 0. The molecule has 0 radical (unpaired) electrons. The van der Waals surface area contributed by atoms with Crippen LogP contribution in [-0.4, -0.2) is 24.7 Å². The van der Waals surface area contributed by atoms with Gasteiger partial charge in [0.15, 0.2) is 0 Å². The van der Waals surface area contributed by atoms with Gasteiger partial charge in [-0.15, -0.1) is 0 Å². The van der Waals surface area contributed by atoms with Gasteiger partial charge in [-0.2, -0.15) is 0 Å². The molecule has 0 spiro atoms. The van der Waals surface area contributed by atoms with Crippen LogP contribution in [0.4, 0.5) is 0 Å². The fourth-order valence-electron chi connectivity index (χ4n) is 7.81. The summed E-state index contributed by atoms with van der Waals surface area (Å²) in [5.74, 6) is 3.09. The SMILES string of the molecule is CC1CCCC1[C@H](c1ccccc1)N(C)C.C[C@@H](c1ccccc1)C1CCCC1P(c1ccccc1)c1ccccc1.[CH3-].[CH3-].[Fe+2]. The second-order valence-corrected chi connectivity index (χ2v) is 15.2. The number of nitrogens with zero attached hydrogens (tertiary/aromatic N) is 1. The first-order valence-electron chi connectivity index (χ1n) is 16.2. The van der Waals surface area contributed by atoms with Gasteiger partial charge in [-0.25, -0.2) is 0 Å². The molecule has 0 heterocycles. The Kier molecular flexibility index (Phi) is 16.8. The minimum absolute atomic E-state index is 0. The van der Waals surface area contributed by atoms with Crippen molar-refractivity contribution in [3.8, 4) is 0 Å². The molecule has 0 amide bonds. The van der Waals surface area contributed by atoms with E-state index in [0.717, 1.165) is 23.4 Å². The van der Waals surface area contributed by atoms with Gasteiger partial charge in [0.1, 0.15) is 0 Å². The smallest absolute Gasteiger partial charge is 0.358 e. The molecule has 0 saturated heterocycles. The van der Waals surface area contributed by atoms with Crippen molar-refractivity contribution in [2.45, 2.75) is 70.0 Å². The van der Waals surface area contributed by atoms with Gasteiger partial charge in [0.25, 0.3) is 0 Å². The zero-order chi connectivity index (χ0) is 29.3. The molecule has 242 valence electrons. The number of rotatable bonds is 8. The summed E-state index contributed by atoms with van der Waals surface area (Å²) in [6, 6.07) is 45.2. The van der Waals surface area contributed by atoms with Crippen LogP contribution in [0.2, 0.25) is 0 Å². The molecular formula is C42H56FeNP. The molecule has 6 atom stereocenters. The molecule has 2 fully saturated rings. The molecule has 1 nitrogen and oxygen atoms in total. The number of benzene rings is 4. The van der Waals surface area contributed by atoms with Gasteiger partial charge in [-0.05, 0) is 92.3 Å². The van der Waals surface area contributed by atoms with Crippen LogP contribution in [0.25, 0.3) is 0 Å². The Morgan fingerprint density at radius 3 is 1.44 bits per heavy atom. The van der Waals surface area contributed by atoms with E-state index in [1.807, 2.05) is 0 Å². The molecule has 2 aliphatic carbocycles. The van der Waals surface area contributed by atoms with E-state index >= 15 is 0 Å². The van der Waals surface area contributed by atoms with Crippen molar-refractivity contribution in [1.82, 2.24) is 4.90 Å². The Hall–Kier alpha value is -2.21. The Morgan fingerprint density at radius 1 is 0.578 bits per heavy atom. The second-order valence-electron chi connectivity index (χ2n) is 12.8. The van der Waals surface area contributed by atoms with Gasteiger partial charge in [0.2, 0.25) is 0 Å². The van der Waals surface area contributed by atoms with Crippen molar-refractivity contribution in [3.63, 3.8) is 0 Å². The maximum absolute atomic E-state index is 2.45. The normalized spacial score (nSPS) is 21.8. The Labute approximate surface area is 288 Å². The van der Waals surface area contributed by atoms with Crippen LogP contribution < -0.4 is 10.6 Å². The van der Waals surface area contributed by atoms with E-state index < -0.39 is 0 Å². The summed E-state index contributed by atoms with van der Waals surface area (Å²) in [5, 5.41) is 3.07. The van der Waals surface area contributed by atoms with E-state index in [9.17, 15) is 0 Å². The van der Waals surface area contributed by atoms with Crippen LogP contribution in [0, 0.1) is 32.6 Å². The van der Waals surface area contributed by atoms with Gasteiger partial charge < -0.3 is 19.8 Å². The van der Waals surface area contributed by atoms with Crippen LogP contribution in [0.1, 0.15) is 75.5 Å². The topological polar surface area (TPSA) is 3.24 Å². The van der Waals surface area contributed by atoms with Crippen LogP contribution >= 0.6 is 7.92 Å². The molecule has 4 aromatic carbocycles. The third-order valence-electron chi connectivity index (χ3n) is 9.93. The first-order valence-corrected chi connectivity index (χ1v) is 17.6. The molecule has 0 N–H and O–H groups in total. The zero-order valence-corrected chi connectivity index (χ0v) is 30.5. The van der Waals surface area contributed by atoms with Crippen molar-refractivity contribution in [2.24, 2.45) is 17.8 Å². The van der Waals surface area contributed by atoms with Gasteiger partial charge >= 0.3 is 17.1 Å². The predicted molar refractivity (Wildman–Crippen MR) is 197 cm³/mol. The molecule has 45 heavy (non-hydrogen) atoms. The zero-order valence-electron chi connectivity index (χ0n) is 28.5. The van der Waals surface area contributed by atoms with Crippen LogP contribution in [-0.2, 0) is 17.1 Å². The third kappa shape index (κ3) is 9.89. The van der Waals surface area contributed by atoms with Crippen LogP contribution in [0.5, 0.6) is 0 Å². The monoisotopic (exact) mass is 661 g/mol. The fraction of sp³-hybridized carbons (Fsp3) is 0.381. The Balaban J connectivity index is 0.000000324. The average molecular weight is 662 g/mol. The van der Waals surface area contributed by atoms with Gasteiger partial charge in [-0.1, -0.05) is 154 Å². The van der Waals surface area contributed by atoms with E-state index in [0.29, 0.717) is 12.0 Å². The second kappa shape index (κ2) is 19.4. The van der Waals surface area contributed by atoms with Crippen molar-refractivity contribution < 1.29 is 17.1 Å². The first kappa shape index (κ1) is 39.0. The molecule has 0 aliphatic heterocycles. The molecule has 2 saturated carbocycles. The van der Waals surface area contributed by atoms with Crippen molar-refractivity contribution in [2.75, 3.05) is 14.1 Å². The van der Waals surface area contributed by atoms with Crippen molar-refractivity contribution in [1.29, 1.82) is 0 Å². The van der Waals surface area contributed by atoms with E-state index in [2.05, 4.69) is 154 Å². The summed E-state index contributed by atoms with van der Waals surface area (Å²) in [7, 11) is 4.11. The maximum Gasteiger partial charge on any atom is 2.00 e. The molecule has 6 rings (SSSR count). The van der Waals surface area contributed by atoms with Crippen LogP contribution in [0.15, 0.2) is 121 Å². The molecule has 0 bridgehead atoms. The third-order valence-corrected chi connectivity index (χ3v) is 12.9. The minimum atomic E-state index is -0.314. The summed E-state index contributed by atoms with van der Waals surface area (Å²) in [5.41, 5.74) is 3.75. The molecule has 3 heteroatoms. The van der Waals surface area contributed by atoms with E-state index in [-0.39, 0.29) is 39.8 Å². The molecule has 0 aromatic heterocycles. The van der Waals surface area contributed by atoms with Gasteiger partial charge in [-0.3, -0.25) is 0 Å². The molecule has 2 aliphatic rings. The first-order chi connectivity index (χ1) is 20.5.